The summed E-state index contributed by atoms with van der Waals surface area (Å²) in [6, 6.07) is 16.7. The SMILES string of the molecule is CN(C(=O)Cc1ccc(S(C)(=O)=O)cc1)[C@H](CN1CCCC1)c1ccccc1. The van der Waals surface area contributed by atoms with Crippen molar-refractivity contribution in [3.8, 4) is 0 Å². The van der Waals surface area contributed by atoms with E-state index >= 15 is 0 Å². The highest BCUT2D eigenvalue weighted by Gasteiger charge is 2.25. The van der Waals surface area contributed by atoms with Crippen molar-refractivity contribution in [2.45, 2.75) is 30.2 Å². The maximum Gasteiger partial charge on any atom is 0.227 e. The minimum atomic E-state index is -3.23. The van der Waals surface area contributed by atoms with Crippen LogP contribution in [0.3, 0.4) is 0 Å². The molecule has 1 aliphatic rings. The van der Waals surface area contributed by atoms with Crippen molar-refractivity contribution >= 4 is 15.7 Å². The molecule has 0 unspecified atom stereocenters. The molecule has 1 aliphatic heterocycles. The van der Waals surface area contributed by atoms with E-state index in [0.29, 0.717) is 0 Å². The molecule has 150 valence electrons. The lowest BCUT2D eigenvalue weighted by Gasteiger charge is -2.32. The third kappa shape index (κ3) is 5.20. The Balaban J connectivity index is 1.74. The molecule has 0 saturated carbocycles. The van der Waals surface area contributed by atoms with Crippen LogP contribution in [0.15, 0.2) is 59.5 Å². The van der Waals surface area contributed by atoms with E-state index in [1.807, 2.05) is 30.1 Å². The van der Waals surface area contributed by atoms with E-state index in [9.17, 15) is 13.2 Å². The molecule has 1 atom stereocenters. The quantitative estimate of drug-likeness (QED) is 0.717. The van der Waals surface area contributed by atoms with Crippen molar-refractivity contribution in [1.29, 1.82) is 0 Å². The van der Waals surface area contributed by atoms with E-state index < -0.39 is 9.84 Å². The van der Waals surface area contributed by atoms with E-state index in [4.69, 9.17) is 0 Å². The van der Waals surface area contributed by atoms with Gasteiger partial charge in [0.1, 0.15) is 0 Å². The van der Waals surface area contributed by atoms with E-state index in [2.05, 4.69) is 17.0 Å². The second-order valence-corrected chi connectivity index (χ2v) is 9.55. The molecule has 1 heterocycles. The van der Waals surface area contributed by atoms with Gasteiger partial charge in [-0.1, -0.05) is 42.5 Å². The zero-order valence-electron chi connectivity index (χ0n) is 16.5. The minimum Gasteiger partial charge on any atom is -0.337 e. The lowest BCUT2D eigenvalue weighted by atomic mass is 10.0. The van der Waals surface area contributed by atoms with Crippen LogP contribution in [0.5, 0.6) is 0 Å². The Morgan fingerprint density at radius 3 is 2.21 bits per heavy atom. The van der Waals surface area contributed by atoms with Crippen molar-refractivity contribution in [2.24, 2.45) is 0 Å². The summed E-state index contributed by atoms with van der Waals surface area (Å²) in [4.78, 5) is 17.5. The molecular formula is C22H28N2O3S. The van der Waals surface area contributed by atoms with Crippen molar-refractivity contribution in [2.75, 3.05) is 32.9 Å². The van der Waals surface area contributed by atoms with Gasteiger partial charge in [-0.15, -0.1) is 0 Å². The summed E-state index contributed by atoms with van der Waals surface area (Å²) in [6.07, 6.45) is 3.87. The number of benzene rings is 2. The highest BCUT2D eigenvalue weighted by Crippen LogP contribution is 2.24. The Bertz CT molecular complexity index is 889. The fraction of sp³-hybridized carbons (Fsp3) is 0.409. The highest BCUT2D eigenvalue weighted by molar-refractivity contribution is 7.90. The van der Waals surface area contributed by atoms with Crippen LogP contribution in [0.4, 0.5) is 0 Å². The van der Waals surface area contributed by atoms with Gasteiger partial charge in [-0.3, -0.25) is 4.79 Å². The minimum absolute atomic E-state index is 0.00194. The van der Waals surface area contributed by atoms with Crippen LogP contribution >= 0.6 is 0 Å². The molecule has 0 bridgehead atoms. The van der Waals surface area contributed by atoms with Crippen molar-refractivity contribution in [3.63, 3.8) is 0 Å². The molecule has 0 spiro atoms. The molecule has 2 aromatic carbocycles. The first-order valence-corrected chi connectivity index (χ1v) is 11.6. The van der Waals surface area contributed by atoms with E-state index in [1.54, 1.807) is 24.3 Å². The number of likely N-dealkylation sites (tertiary alicyclic amines) is 1. The van der Waals surface area contributed by atoms with E-state index in [-0.39, 0.29) is 23.3 Å². The van der Waals surface area contributed by atoms with Crippen molar-refractivity contribution in [1.82, 2.24) is 9.80 Å². The summed E-state index contributed by atoms with van der Waals surface area (Å²) >= 11 is 0. The molecule has 0 aromatic heterocycles. The standard InChI is InChI=1S/C22H28N2O3S/c1-23(22(25)16-18-10-12-20(13-11-18)28(2,26)27)21(17-24-14-6-7-15-24)19-8-4-3-5-9-19/h3-5,8-13,21H,6-7,14-17H2,1-2H3/t21-/m1/s1. The molecule has 3 rings (SSSR count). The maximum atomic E-state index is 13.0. The van der Waals surface area contributed by atoms with Gasteiger partial charge in [-0.2, -0.15) is 0 Å². The van der Waals surface area contributed by atoms with Gasteiger partial charge in [0.15, 0.2) is 9.84 Å². The highest BCUT2D eigenvalue weighted by atomic mass is 32.2. The fourth-order valence-electron chi connectivity index (χ4n) is 3.66. The van der Waals surface area contributed by atoms with Gasteiger partial charge in [0.25, 0.3) is 0 Å². The first-order chi connectivity index (χ1) is 13.3. The second-order valence-electron chi connectivity index (χ2n) is 7.53. The van der Waals surface area contributed by atoms with Crippen LogP contribution in [-0.4, -0.2) is 57.1 Å². The number of sulfone groups is 1. The summed E-state index contributed by atoms with van der Waals surface area (Å²) < 4.78 is 23.2. The van der Waals surface area contributed by atoms with Crippen molar-refractivity contribution < 1.29 is 13.2 Å². The van der Waals surface area contributed by atoms with Gasteiger partial charge < -0.3 is 9.80 Å². The average Bonchev–Trinajstić information content (AvgIpc) is 3.19. The van der Waals surface area contributed by atoms with Crippen LogP contribution in [0.2, 0.25) is 0 Å². The van der Waals surface area contributed by atoms with Gasteiger partial charge in [0.2, 0.25) is 5.91 Å². The smallest absolute Gasteiger partial charge is 0.227 e. The summed E-state index contributed by atoms with van der Waals surface area (Å²) in [5.74, 6) is 0.0279. The summed E-state index contributed by atoms with van der Waals surface area (Å²) in [7, 11) is -1.37. The number of rotatable bonds is 7. The molecule has 1 amide bonds. The van der Waals surface area contributed by atoms with Crippen LogP contribution in [0.1, 0.15) is 30.0 Å². The first-order valence-electron chi connectivity index (χ1n) is 9.66. The topological polar surface area (TPSA) is 57.7 Å². The first kappa shape index (κ1) is 20.6. The Labute approximate surface area is 167 Å². The molecular weight excluding hydrogens is 372 g/mol. The molecule has 5 nitrogen and oxygen atoms in total. The van der Waals surface area contributed by atoms with Gasteiger partial charge in [-0.05, 0) is 49.2 Å². The average molecular weight is 401 g/mol. The number of carbonyl (C=O) groups excluding carboxylic acids is 1. The monoisotopic (exact) mass is 400 g/mol. The van der Waals surface area contributed by atoms with Gasteiger partial charge >= 0.3 is 0 Å². The van der Waals surface area contributed by atoms with Crippen LogP contribution in [0.25, 0.3) is 0 Å². The normalized spacial score (nSPS) is 16.1. The lowest BCUT2D eigenvalue weighted by molar-refractivity contribution is -0.131. The number of hydrogen-bond acceptors (Lipinski definition) is 4. The lowest BCUT2D eigenvalue weighted by Crippen LogP contribution is -2.39. The Morgan fingerprint density at radius 1 is 1.04 bits per heavy atom. The largest absolute Gasteiger partial charge is 0.337 e. The summed E-state index contributed by atoms with van der Waals surface area (Å²) in [5.41, 5.74) is 1.95. The number of carbonyl (C=O) groups is 1. The Hall–Kier alpha value is -2.18. The summed E-state index contributed by atoms with van der Waals surface area (Å²) in [6.45, 7) is 3.00. The van der Waals surface area contributed by atoms with Crippen LogP contribution in [-0.2, 0) is 21.1 Å². The van der Waals surface area contributed by atoms with Gasteiger partial charge in [0, 0.05) is 19.8 Å². The van der Waals surface area contributed by atoms with Crippen LogP contribution in [0, 0.1) is 0 Å². The van der Waals surface area contributed by atoms with E-state index in [1.165, 1.54) is 19.1 Å². The van der Waals surface area contributed by atoms with Gasteiger partial charge in [-0.25, -0.2) is 8.42 Å². The third-order valence-corrected chi connectivity index (χ3v) is 6.51. The fourth-order valence-corrected chi connectivity index (χ4v) is 4.29. The second kappa shape index (κ2) is 8.88. The number of nitrogens with zero attached hydrogens (tertiary/aromatic N) is 2. The molecule has 0 N–H and O–H groups in total. The summed E-state index contributed by atoms with van der Waals surface area (Å²) in [5, 5.41) is 0. The zero-order chi connectivity index (χ0) is 20.1. The molecule has 28 heavy (non-hydrogen) atoms. The Kier molecular flexibility index (Phi) is 6.52. The molecule has 0 radical (unpaired) electrons. The predicted molar refractivity (Wildman–Crippen MR) is 111 cm³/mol. The van der Waals surface area contributed by atoms with Crippen LogP contribution < -0.4 is 0 Å². The zero-order valence-corrected chi connectivity index (χ0v) is 17.4. The molecule has 1 saturated heterocycles. The third-order valence-electron chi connectivity index (χ3n) is 5.38. The maximum absolute atomic E-state index is 13.0. The molecule has 1 fully saturated rings. The Morgan fingerprint density at radius 2 is 1.64 bits per heavy atom. The predicted octanol–water partition coefficient (Wildman–Crippen LogP) is 2.93. The molecule has 6 heteroatoms. The molecule has 0 aliphatic carbocycles. The number of hydrogen-bond donors (Lipinski definition) is 0. The number of likely N-dealkylation sites (N-methyl/N-ethyl adjacent to an activating group) is 1. The number of amides is 1. The van der Waals surface area contributed by atoms with E-state index in [0.717, 1.165) is 30.8 Å². The van der Waals surface area contributed by atoms with Crippen molar-refractivity contribution in [3.05, 3.63) is 65.7 Å². The van der Waals surface area contributed by atoms with Gasteiger partial charge in [0.05, 0.1) is 17.4 Å². The molecule has 2 aromatic rings.